The van der Waals surface area contributed by atoms with Crippen LogP contribution in [-0.2, 0) is 6.54 Å². The molecule has 88 valence electrons. The molecule has 7 heteroatoms. The van der Waals surface area contributed by atoms with Crippen molar-refractivity contribution in [3.8, 4) is 0 Å². The molecule has 2 aromatic heterocycles. The lowest BCUT2D eigenvalue weighted by molar-refractivity contribution is 0.0950. The summed E-state index contributed by atoms with van der Waals surface area (Å²) in [4.78, 5) is 15.5. The van der Waals surface area contributed by atoms with Crippen LogP contribution in [0.5, 0.6) is 0 Å². The molecule has 2 heterocycles. The van der Waals surface area contributed by atoms with Crippen LogP contribution in [0.2, 0.25) is 0 Å². The van der Waals surface area contributed by atoms with Crippen LogP contribution in [0.1, 0.15) is 15.4 Å². The van der Waals surface area contributed by atoms with E-state index in [0.717, 1.165) is 10.1 Å². The number of amides is 1. The largest absolute Gasteiger partial charge is 0.363 e. The average Bonchev–Trinajstić information content (AvgIpc) is 2.85. The van der Waals surface area contributed by atoms with Crippen LogP contribution in [-0.4, -0.2) is 28.1 Å². The maximum Gasteiger partial charge on any atom is 0.251 e. The molecule has 0 aliphatic rings. The Hall–Kier alpha value is -2.02. The number of hydrogen-bond donors (Lipinski definition) is 2. The highest BCUT2D eigenvalue weighted by Crippen LogP contribution is 2.13. The Bertz CT molecular complexity index is 498. The number of pyridine rings is 1. The number of nitrogens with one attached hydrogen (secondary N) is 2. The molecule has 0 spiro atoms. The third-order valence-corrected chi connectivity index (χ3v) is 2.96. The molecule has 0 saturated carbocycles. The summed E-state index contributed by atoms with van der Waals surface area (Å²) in [7, 11) is 1.78. The van der Waals surface area contributed by atoms with Crippen molar-refractivity contribution < 1.29 is 4.79 Å². The molecule has 0 fully saturated rings. The van der Waals surface area contributed by atoms with Crippen LogP contribution in [0.15, 0.2) is 24.5 Å². The molecular weight excluding hydrogens is 238 g/mol. The van der Waals surface area contributed by atoms with Crippen molar-refractivity contribution in [3.05, 3.63) is 35.1 Å². The fraction of sp³-hybridized carbons (Fsp3) is 0.200. The van der Waals surface area contributed by atoms with Gasteiger partial charge < -0.3 is 10.6 Å². The standard InChI is InChI=1S/C10H11N5OS/c1-11-10-15-14-8(17-10)6-13-9(16)7-2-4-12-5-3-7/h2-5H,6H2,1H3,(H,11,15)(H,13,16). The van der Waals surface area contributed by atoms with Crippen molar-refractivity contribution in [1.29, 1.82) is 0 Å². The van der Waals surface area contributed by atoms with Crippen LogP contribution in [0.25, 0.3) is 0 Å². The summed E-state index contributed by atoms with van der Waals surface area (Å²) < 4.78 is 0. The highest BCUT2D eigenvalue weighted by Gasteiger charge is 2.07. The van der Waals surface area contributed by atoms with E-state index >= 15 is 0 Å². The fourth-order valence-electron chi connectivity index (χ4n) is 1.19. The van der Waals surface area contributed by atoms with Gasteiger partial charge in [-0.15, -0.1) is 10.2 Å². The third-order valence-electron chi connectivity index (χ3n) is 2.02. The van der Waals surface area contributed by atoms with Crippen molar-refractivity contribution in [2.24, 2.45) is 0 Å². The van der Waals surface area contributed by atoms with Crippen molar-refractivity contribution in [2.75, 3.05) is 12.4 Å². The van der Waals surface area contributed by atoms with Gasteiger partial charge in [0.05, 0.1) is 6.54 Å². The zero-order chi connectivity index (χ0) is 12.1. The minimum atomic E-state index is -0.145. The van der Waals surface area contributed by atoms with Gasteiger partial charge in [-0.2, -0.15) is 0 Å². The summed E-state index contributed by atoms with van der Waals surface area (Å²) >= 11 is 1.41. The van der Waals surface area contributed by atoms with E-state index in [1.165, 1.54) is 11.3 Å². The van der Waals surface area contributed by atoms with Crippen LogP contribution in [0, 0.1) is 0 Å². The molecule has 0 radical (unpaired) electrons. The molecule has 17 heavy (non-hydrogen) atoms. The van der Waals surface area contributed by atoms with Gasteiger partial charge in [-0.3, -0.25) is 9.78 Å². The van der Waals surface area contributed by atoms with Crippen molar-refractivity contribution in [1.82, 2.24) is 20.5 Å². The number of carbonyl (C=O) groups excluding carboxylic acids is 1. The molecule has 0 unspecified atom stereocenters. The van der Waals surface area contributed by atoms with E-state index in [-0.39, 0.29) is 5.91 Å². The summed E-state index contributed by atoms with van der Waals surface area (Å²) in [6.45, 7) is 0.375. The molecule has 0 bridgehead atoms. The number of anilines is 1. The van der Waals surface area contributed by atoms with E-state index < -0.39 is 0 Å². The van der Waals surface area contributed by atoms with E-state index in [0.29, 0.717) is 12.1 Å². The Morgan fingerprint density at radius 3 is 2.76 bits per heavy atom. The first-order valence-electron chi connectivity index (χ1n) is 4.98. The van der Waals surface area contributed by atoms with E-state index in [1.807, 2.05) is 0 Å². The van der Waals surface area contributed by atoms with Gasteiger partial charge in [-0.1, -0.05) is 11.3 Å². The van der Waals surface area contributed by atoms with Gasteiger partial charge in [-0.25, -0.2) is 0 Å². The van der Waals surface area contributed by atoms with Gasteiger partial charge in [0, 0.05) is 25.0 Å². The number of carbonyl (C=O) groups is 1. The van der Waals surface area contributed by atoms with E-state index in [4.69, 9.17) is 0 Å². The normalized spacial score (nSPS) is 9.94. The molecule has 0 aromatic carbocycles. The lowest BCUT2D eigenvalue weighted by atomic mass is 10.2. The topological polar surface area (TPSA) is 79.8 Å². The highest BCUT2D eigenvalue weighted by atomic mass is 32.1. The SMILES string of the molecule is CNc1nnc(CNC(=O)c2ccncc2)s1. The maximum absolute atomic E-state index is 11.7. The Morgan fingerprint density at radius 1 is 1.35 bits per heavy atom. The lowest BCUT2D eigenvalue weighted by Crippen LogP contribution is -2.22. The molecule has 2 aromatic rings. The molecular formula is C10H11N5OS. The Kier molecular flexibility index (Phi) is 3.61. The molecule has 2 rings (SSSR count). The van der Waals surface area contributed by atoms with Crippen molar-refractivity contribution in [2.45, 2.75) is 6.54 Å². The van der Waals surface area contributed by atoms with Crippen molar-refractivity contribution >= 4 is 22.4 Å². The van der Waals surface area contributed by atoms with Crippen LogP contribution in [0.4, 0.5) is 5.13 Å². The monoisotopic (exact) mass is 249 g/mol. The number of hydrogen-bond acceptors (Lipinski definition) is 6. The summed E-state index contributed by atoms with van der Waals surface area (Å²) in [5.41, 5.74) is 0.582. The smallest absolute Gasteiger partial charge is 0.251 e. The predicted octanol–water partition coefficient (Wildman–Crippen LogP) is 0.905. The molecule has 0 saturated heterocycles. The molecule has 6 nitrogen and oxygen atoms in total. The van der Waals surface area contributed by atoms with Gasteiger partial charge in [-0.05, 0) is 12.1 Å². The minimum absolute atomic E-state index is 0.145. The second-order valence-electron chi connectivity index (χ2n) is 3.17. The predicted molar refractivity (Wildman–Crippen MR) is 64.9 cm³/mol. The summed E-state index contributed by atoms with van der Waals surface area (Å²) in [6, 6.07) is 3.32. The highest BCUT2D eigenvalue weighted by molar-refractivity contribution is 7.15. The first kappa shape index (κ1) is 11.5. The Balaban J connectivity index is 1.92. The number of aromatic nitrogens is 3. The van der Waals surface area contributed by atoms with Gasteiger partial charge in [0.25, 0.3) is 5.91 Å². The average molecular weight is 249 g/mol. The maximum atomic E-state index is 11.7. The zero-order valence-electron chi connectivity index (χ0n) is 9.17. The van der Waals surface area contributed by atoms with E-state index in [1.54, 1.807) is 31.6 Å². The Labute approximate surface area is 102 Å². The second-order valence-corrected chi connectivity index (χ2v) is 4.23. The van der Waals surface area contributed by atoms with Gasteiger partial charge in [0.2, 0.25) is 5.13 Å². The minimum Gasteiger partial charge on any atom is -0.363 e. The lowest BCUT2D eigenvalue weighted by Gasteiger charge is -2.01. The molecule has 0 aliphatic heterocycles. The zero-order valence-corrected chi connectivity index (χ0v) is 9.99. The molecule has 2 N–H and O–H groups in total. The van der Waals surface area contributed by atoms with Crippen molar-refractivity contribution in [3.63, 3.8) is 0 Å². The number of nitrogens with zero attached hydrogens (tertiary/aromatic N) is 3. The summed E-state index contributed by atoms with van der Waals surface area (Å²) in [5.74, 6) is -0.145. The summed E-state index contributed by atoms with van der Waals surface area (Å²) in [6.07, 6.45) is 3.16. The molecule has 0 atom stereocenters. The van der Waals surface area contributed by atoms with Crippen LogP contribution in [0.3, 0.4) is 0 Å². The van der Waals surface area contributed by atoms with E-state index in [9.17, 15) is 4.79 Å². The van der Waals surface area contributed by atoms with Gasteiger partial charge >= 0.3 is 0 Å². The van der Waals surface area contributed by atoms with Crippen LogP contribution >= 0.6 is 11.3 Å². The van der Waals surface area contributed by atoms with Gasteiger partial charge in [0.15, 0.2) is 0 Å². The first-order chi connectivity index (χ1) is 8.29. The van der Waals surface area contributed by atoms with Crippen LogP contribution < -0.4 is 10.6 Å². The fourth-order valence-corrected chi connectivity index (χ4v) is 1.82. The number of rotatable bonds is 4. The third kappa shape index (κ3) is 2.97. The molecule has 1 amide bonds. The second kappa shape index (κ2) is 5.35. The first-order valence-corrected chi connectivity index (χ1v) is 5.79. The Morgan fingerprint density at radius 2 is 2.12 bits per heavy atom. The quantitative estimate of drug-likeness (QED) is 0.841. The van der Waals surface area contributed by atoms with E-state index in [2.05, 4.69) is 25.8 Å². The van der Waals surface area contributed by atoms with Gasteiger partial charge in [0.1, 0.15) is 5.01 Å². The molecule has 0 aliphatic carbocycles. The summed E-state index contributed by atoms with van der Waals surface area (Å²) in [5, 5.41) is 15.0.